The third-order valence-electron chi connectivity index (χ3n) is 3.48. The van der Waals surface area contributed by atoms with Gasteiger partial charge in [0.1, 0.15) is 5.75 Å². The highest BCUT2D eigenvalue weighted by molar-refractivity contribution is 5.74. The molecule has 23 heavy (non-hydrogen) atoms. The van der Waals surface area contributed by atoms with Crippen molar-refractivity contribution in [1.29, 1.82) is 0 Å². The molecule has 2 rings (SSSR count). The number of hydrogen-bond donors (Lipinski definition) is 0. The molecule has 0 fully saturated rings. The van der Waals surface area contributed by atoms with Crippen molar-refractivity contribution in [2.75, 3.05) is 13.2 Å². The van der Waals surface area contributed by atoms with Crippen LogP contribution in [0.25, 0.3) is 0 Å². The van der Waals surface area contributed by atoms with E-state index in [-0.39, 0.29) is 6.61 Å². The molecule has 0 amide bonds. The van der Waals surface area contributed by atoms with Crippen molar-refractivity contribution in [1.82, 2.24) is 0 Å². The maximum Gasteiger partial charge on any atom is 0.349 e. The highest BCUT2D eigenvalue weighted by atomic mass is 16.6. The Morgan fingerprint density at radius 1 is 0.957 bits per heavy atom. The molecule has 4 nitrogen and oxygen atoms in total. The molecule has 0 bridgehead atoms. The van der Waals surface area contributed by atoms with Crippen molar-refractivity contribution in [3.63, 3.8) is 0 Å². The van der Waals surface area contributed by atoms with Gasteiger partial charge in [-0.05, 0) is 62.6 Å². The number of para-hydroxylation sites is 2. The van der Waals surface area contributed by atoms with E-state index in [1.807, 2.05) is 39.8 Å². The van der Waals surface area contributed by atoms with Crippen molar-refractivity contribution in [3.8, 4) is 17.2 Å². The van der Waals surface area contributed by atoms with E-state index in [2.05, 4.69) is 6.07 Å². The zero-order valence-corrected chi connectivity index (χ0v) is 14.0. The van der Waals surface area contributed by atoms with Crippen LogP contribution in [0.1, 0.15) is 23.6 Å². The highest BCUT2D eigenvalue weighted by Gasteiger charge is 2.12. The minimum atomic E-state index is -0.462. The van der Waals surface area contributed by atoms with Crippen LogP contribution < -0.4 is 14.2 Å². The van der Waals surface area contributed by atoms with Gasteiger partial charge in [0, 0.05) is 0 Å². The molecule has 0 aromatic heterocycles. The molecule has 0 aliphatic heterocycles. The molecule has 2 aromatic rings. The first-order valence-corrected chi connectivity index (χ1v) is 7.64. The van der Waals surface area contributed by atoms with Gasteiger partial charge in [-0.3, -0.25) is 0 Å². The molecule has 0 unspecified atom stereocenters. The molecule has 0 atom stereocenters. The highest BCUT2D eigenvalue weighted by Crippen LogP contribution is 2.27. The summed E-state index contributed by atoms with van der Waals surface area (Å²) < 4.78 is 16.4. The summed E-state index contributed by atoms with van der Waals surface area (Å²) in [6.45, 7) is 8.23. The van der Waals surface area contributed by atoms with Crippen molar-refractivity contribution in [2.24, 2.45) is 0 Å². The third kappa shape index (κ3) is 4.49. The normalized spacial score (nSPS) is 10.3. The SMILES string of the molecule is CCOc1ccccc1OC(=O)COc1cc(C)cc(C)c1C. The van der Waals surface area contributed by atoms with Gasteiger partial charge in [-0.1, -0.05) is 18.2 Å². The van der Waals surface area contributed by atoms with Gasteiger partial charge in [-0.2, -0.15) is 0 Å². The number of carbonyl (C=O) groups excluding carboxylic acids is 1. The molecular weight excluding hydrogens is 292 g/mol. The summed E-state index contributed by atoms with van der Waals surface area (Å²) in [5.74, 6) is 1.19. The number of carbonyl (C=O) groups is 1. The lowest BCUT2D eigenvalue weighted by Gasteiger charge is -2.13. The summed E-state index contributed by atoms with van der Waals surface area (Å²) in [4.78, 5) is 12.0. The van der Waals surface area contributed by atoms with Gasteiger partial charge in [0.25, 0.3) is 0 Å². The topological polar surface area (TPSA) is 44.8 Å². The molecule has 4 heteroatoms. The lowest BCUT2D eigenvalue weighted by molar-refractivity contribution is -0.136. The molecule has 0 aliphatic rings. The van der Waals surface area contributed by atoms with E-state index in [4.69, 9.17) is 14.2 Å². The Hall–Kier alpha value is -2.49. The Balaban J connectivity index is 2.01. The smallest absolute Gasteiger partial charge is 0.349 e. The molecule has 2 aromatic carbocycles. The van der Waals surface area contributed by atoms with Crippen LogP contribution >= 0.6 is 0 Å². The Kier molecular flexibility index (Phi) is 5.63. The number of benzene rings is 2. The Labute approximate surface area is 137 Å². The van der Waals surface area contributed by atoms with E-state index < -0.39 is 5.97 Å². The molecular formula is C19H22O4. The summed E-state index contributed by atoms with van der Waals surface area (Å²) in [5.41, 5.74) is 3.26. The van der Waals surface area contributed by atoms with E-state index >= 15 is 0 Å². The van der Waals surface area contributed by atoms with Crippen molar-refractivity contribution in [2.45, 2.75) is 27.7 Å². The Morgan fingerprint density at radius 2 is 1.65 bits per heavy atom. The number of rotatable bonds is 6. The molecule has 0 saturated heterocycles. The second-order valence-electron chi connectivity index (χ2n) is 5.35. The average molecular weight is 314 g/mol. The van der Waals surface area contributed by atoms with Gasteiger partial charge in [0.15, 0.2) is 18.1 Å². The van der Waals surface area contributed by atoms with Crippen LogP contribution in [0.4, 0.5) is 0 Å². The zero-order chi connectivity index (χ0) is 16.8. The van der Waals surface area contributed by atoms with Crippen molar-refractivity contribution in [3.05, 3.63) is 53.1 Å². The van der Waals surface area contributed by atoms with Crippen molar-refractivity contribution >= 4 is 5.97 Å². The lowest BCUT2D eigenvalue weighted by Crippen LogP contribution is -2.18. The van der Waals surface area contributed by atoms with E-state index in [0.29, 0.717) is 23.9 Å². The minimum absolute atomic E-state index is 0.149. The second kappa shape index (κ2) is 7.68. The summed E-state index contributed by atoms with van der Waals surface area (Å²) in [7, 11) is 0. The minimum Gasteiger partial charge on any atom is -0.490 e. The van der Waals surface area contributed by atoms with Crippen molar-refractivity contribution < 1.29 is 19.0 Å². The average Bonchev–Trinajstić information content (AvgIpc) is 2.51. The maximum absolute atomic E-state index is 12.0. The van der Waals surface area contributed by atoms with Gasteiger partial charge in [-0.25, -0.2) is 4.79 Å². The van der Waals surface area contributed by atoms with Gasteiger partial charge in [0.2, 0.25) is 0 Å². The van der Waals surface area contributed by atoms with Crippen LogP contribution in [0.5, 0.6) is 17.2 Å². The van der Waals surface area contributed by atoms with E-state index in [9.17, 15) is 4.79 Å². The summed E-state index contributed by atoms with van der Waals surface area (Å²) in [6.07, 6.45) is 0. The lowest BCUT2D eigenvalue weighted by atomic mass is 10.1. The maximum atomic E-state index is 12.0. The van der Waals surface area contributed by atoms with Gasteiger partial charge in [0.05, 0.1) is 6.61 Å². The summed E-state index contributed by atoms with van der Waals surface area (Å²) in [5, 5.41) is 0. The fourth-order valence-electron chi connectivity index (χ4n) is 2.25. The van der Waals surface area contributed by atoms with Crippen LogP contribution in [0, 0.1) is 20.8 Å². The van der Waals surface area contributed by atoms with Gasteiger partial charge >= 0.3 is 5.97 Å². The Bertz CT molecular complexity index is 692. The standard InChI is InChI=1S/C19H22O4/c1-5-21-16-8-6-7-9-17(16)23-19(20)12-22-18-11-13(2)10-14(3)15(18)4/h6-11H,5,12H2,1-4H3. The molecule has 0 saturated carbocycles. The second-order valence-corrected chi connectivity index (χ2v) is 5.35. The number of ether oxygens (including phenoxy) is 3. The van der Waals surface area contributed by atoms with E-state index in [0.717, 1.165) is 16.7 Å². The van der Waals surface area contributed by atoms with Crippen LogP contribution in [0.15, 0.2) is 36.4 Å². The predicted molar refractivity (Wildman–Crippen MR) is 89.4 cm³/mol. The quantitative estimate of drug-likeness (QED) is 0.597. The fourth-order valence-corrected chi connectivity index (χ4v) is 2.25. The van der Waals surface area contributed by atoms with Gasteiger partial charge < -0.3 is 14.2 Å². The molecule has 0 radical (unpaired) electrons. The first-order valence-electron chi connectivity index (χ1n) is 7.64. The van der Waals surface area contributed by atoms with Crippen LogP contribution in [-0.4, -0.2) is 19.2 Å². The first kappa shape index (κ1) is 16.9. The fraction of sp³-hybridized carbons (Fsp3) is 0.316. The Morgan fingerprint density at radius 3 is 2.35 bits per heavy atom. The number of aryl methyl sites for hydroxylation is 2. The number of esters is 1. The summed E-state index contributed by atoms with van der Waals surface area (Å²) >= 11 is 0. The molecule has 0 N–H and O–H groups in total. The third-order valence-corrected chi connectivity index (χ3v) is 3.48. The number of hydrogen-bond acceptors (Lipinski definition) is 4. The van der Waals surface area contributed by atoms with Crippen LogP contribution in [0.2, 0.25) is 0 Å². The van der Waals surface area contributed by atoms with Crippen LogP contribution in [0.3, 0.4) is 0 Å². The van der Waals surface area contributed by atoms with E-state index in [1.54, 1.807) is 18.2 Å². The van der Waals surface area contributed by atoms with Crippen LogP contribution in [-0.2, 0) is 4.79 Å². The first-order chi connectivity index (χ1) is 11.0. The largest absolute Gasteiger partial charge is 0.490 e. The van der Waals surface area contributed by atoms with Gasteiger partial charge in [-0.15, -0.1) is 0 Å². The molecule has 0 aliphatic carbocycles. The van der Waals surface area contributed by atoms with E-state index in [1.165, 1.54) is 0 Å². The predicted octanol–water partition coefficient (Wildman–Crippen LogP) is 3.99. The zero-order valence-electron chi connectivity index (χ0n) is 14.0. The molecule has 122 valence electrons. The molecule has 0 spiro atoms. The monoisotopic (exact) mass is 314 g/mol. The molecule has 0 heterocycles. The summed E-state index contributed by atoms with van der Waals surface area (Å²) in [6, 6.07) is 11.1.